The Balaban J connectivity index is 2.22. The molecule has 0 aliphatic heterocycles. The molecule has 1 heterocycles. The molecule has 0 saturated carbocycles. The van der Waals surface area contributed by atoms with E-state index in [9.17, 15) is 9.00 Å². The molecule has 1 aromatic heterocycles. The van der Waals surface area contributed by atoms with Gasteiger partial charge in [-0.05, 0) is 47.1 Å². The Morgan fingerprint density at radius 2 is 2.00 bits per heavy atom. The predicted molar refractivity (Wildman–Crippen MR) is 79.2 cm³/mol. The van der Waals surface area contributed by atoms with Crippen molar-refractivity contribution in [2.45, 2.75) is 17.6 Å². The van der Waals surface area contributed by atoms with Crippen LogP contribution >= 0.6 is 15.9 Å². The monoisotopic (exact) mass is 356 g/mol. The molecule has 2 aromatic rings. The highest BCUT2D eigenvalue weighted by Gasteiger charge is 2.15. The summed E-state index contributed by atoms with van der Waals surface area (Å²) >= 11 is 3.44. The molecule has 2 rings (SSSR count). The van der Waals surface area contributed by atoms with E-state index >= 15 is 0 Å². The Morgan fingerprint density at radius 1 is 1.40 bits per heavy atom. The quantitative estimate of drug-likeness (QED) is 0.913. The van der Waals surface area contributed by atoms with Crippen molar-refractivity contribution in [1.82, 2.24) is 9.78 Å². The first-order valence-electron chi connectivity index (χ1n) is 5.80. The summed E-state index contributed by atoms with van der Waals surface area (Å²) in [7, 11) is 0.557. The van der Waals surface area contributed by atoms with Crippen LogP contribution in [0.2, 0.25) is 0 Å². The molecule has 0 bridgehead atoms. The fraction of sp³-hybridized carbons (Fsp3) is 0.231. The number of aromatic nitrogens is 2. The van der Waals surface area contributed by atoms with Crippen LogP contribution in [0.25, 0.3) is 0 Å². The second-order valence-corrected chi connectivity index (χ2v) is 6.53. The zero-order valence-corrected chi connectivity index (χ0v) is 13.4. The average Bonchev–Trinajstić information content (AvgIpc) is 2.65. The maximum absolute atomic E-state index is 12.3. The van der Waals surface area contributed by atoms with Crippen molar-refractivity contribution in [3.8, 4) is 0 Å². The van der Waals surface area contributed by atoms with Gasteiger partial charge in [0.15, 0.2) is 0 Å². The molecular weight excluding hydrogens is 344 g/mol. The smallest absolute Gasteiger partial charge is 0.335 e. The van der Waals surface area contributed by atoms with Crippen LogP contribution in [-0.2, 0) is 23.6 Å². The van der Waals surface area contributed by atoms with Gasteiger partial charge in [0.2, 0.25) is 0 Å². The molecule has 7 heteroatoms. The van der Waals surface area contributed by atoms with E-state index in [0.717, 1.165) is 15.9 Å². The minimum Gasteiger partial charge on any atom is -0.478 e. The van der Waals surface area contributed by atoms with E-state index in [2.05, 4.69) is 21.0 Å². The van der Waals surface area contributed by atoms with Crippen molar-refractivity contribution >= 4 is 32.7 Å². The molecule has 0 aliphatic rings. The van der Waals surface area contributed by atoms with Crippen molar-refractivity contribution in [2.24, 2.45) is 7.05 Å². The van der Waals surface area contributed by atoms with Gasteiger partial charge in [-0.1, -0.05) is 0 Å². The first-order valence-corrected chi connectivity index (χ1v) is 7.91. The number of aromatic carboxylic acids is 1. The lowest BCUT2D eigenvalue weighted by Crippen LogP contribution is -2.04. The van der Waals surface area contributed by atoms with Crippen LogP contribution in [-0.4, -0.2) is 25.1 Å². The number of rotatable bonds is 4. The van der Waals surface area contributed by atoms with Gasteiger partial charge in [0.25, 0.3) is 0 Å². The first-order chi connectivity index (χ1) is 9.40. The molecule has 1 unspecified atom stereocenters. The van der Waals surface area contributed by atoms with Crippen LogP contribution in [0, 0.1) is 6.92 Å². The van der Waals surface area contributed by atoms with Gasteiger partial charge in [0.1, 0.15) is 0 Å². The van der Waals surface area contributed by atoms with Crippen molar-refractivity contribution in [3.05, 3.63) is 45.7 Å². The van der Waals surface area contributed by atoms with Crippen LogP contribution in [0.3, 0.4) is 0 Å². The first kappa shape index (κ1) is 14.9. The fourth-order valence-corrected chi connectivity index (χ4v) is 3.64. The van der Waals surface area contributed by atoms with Crippen LogP contribution in [0.1, 0.15) is 21.7 Å². The van der Waals surface area contributed by atoms with E-state index < -0.39 is 16.8 Å². The molecule has 0 fully saturated rings. The molecule has 0 radical (unpaired) electrons. The summed E-state index contributed by atoms with van der Waals surface area (Å²) in [5.74, 6) is -0.669. The molecule has 5 nitrogen and oxygen atoms in total. The van der Waals surface area contributed by atoms with Gasteiger partial charge in [-0.15, -0.1) is 0 Å². The lowest BCUT2D eigenvalue weighted by atomic mass is 10.2. The standard InChI is InChI=1S/C13H13BrN2O3S/c1-8-12(14)11(16(2)15-8)7-20(19)10-5-3-9(4-6-10)13(17)18/h3-6H,7H2,1-2H3,(H,17,18). The topological polar surface area (TPSA) is 72.2 Å². The van der Waals surface area contributed by atoms with Gasteiger partial charge >= 0.3 is 5.97 Å². The second-order valence-electron chi connectivity index (χ2n) is 4.29. The third-order valence-corrected chi connectivity index (χ3v) is 5.26. The van der Waals surface area contributed by atoms with Crippen LogP contribution < -0.4 is 0 Å². The molecule has 1 N–H and O–H groups in total. The number of benzene rings is 1. The van der Waals surface area contributed by atoms with Gasteiger partial charge < -0.3 is 5.11 Å². The Kier molecular flexibility index (Phi) is 4.39. The highest BCUT2D eigenvalue weighted by atomic mass is 79.9. The fourth-order valence-electron chi connectivity index (χ4n) is 1.79. The number of halogens is 1. The molecule has 0 spiro atoms. The Hall–Kier alpha value is -1.47. The zero-order valence-electron chi connectivity index (χ0n) is 11.0. The van der Waals surface area contributed by atoms with E-state index in [1.165, 1.54) is 12.1 Å². The number of hydrogen-bond acceptors (Lipinski definition) is 3. The highest BCUT2D eigenvalue weighted by Crippen LogP contribution is 2.23. The number of nitrogens with zero attached hydrogens (tertiary/aromatic N) is 2. The van der Waals surface area contributed by atoms with E-state index in [0.29, 0.717) is 10.6 Å². The Bertz CT molecular complexity index is 680. The predicted octanol–water partition coefficient (Wildman–Crippen LogP) is 2.50. The number of carboxylic acids is 1. The molecule has 20 heavy (non-hydrogen) atoms. The molecule has 0 aliphatic carbocycles. The van der Waals surface area contributed by atoms with E-state index in [1.807, 2.05) is 6.92 Å². The maximum atomic E-state index is 12.3. The zero-order chi connectivity index (χ0) is 14.9. The molecule has 0 saturated heterocycles. The van der Waals surface area contributed by atoms with Gasteiger partial charge in [0.05, 0.1) is 38.0 Å². The molecule has 1 aromatic carbocycles. The number of aryl methyl sites for hydroxylation is 2. The second kappa shape index (κ2) is 5.88. The molecular formula is C13H13BrN2O3S. The average molecular weight is 357 g/mol. The molecule has 106 valence electrons. The Labute approximate surface area is 127 Å². The van der Waals surface area contributed by atoms with Crippen molar-refractivity contribution < 1.29 is 14.1 Å². The number of hydrogen-bond donors (Lipinski definition) is 1. The van der Waals surface area contributed by atoms with E-state index in [4.69, 9.17) is 5.11 Å². The molecule has 0 amide bonds. The summed E-state index contributed by atoms with van der Waals surface area (Å²) in [5, 5.41) is 13.1. The van der Waals surface area contributed by atoms with Crippen LogP contribution in [0.15, 0.2) is 33.6 Å². The third-order valence-electron chi connectivity index (χ3n) is 2.89. The van der Waals surface area contributed by atoms with Gasteiger partial charge in [0, 0.05) is 11.9 Å². The van der Waals surface area contributed by atoms with E-state index in [-0.39, 0.29) is 5.56 Å². The summed E-state index contributed by atoms with van der Waals surface area (Å²) in [6, 6.07) is 6.07. The van der Waals surface area contributed by atoms with Crippen molar-refractivity contribution in [3.63, 3.8) is 0 Å². The van der Waals surface area contributed by atoms with Crippen molar-refractivity contribution in [1.29, 1.82) is 0 Å². The number of carbonyl (C=O) groups is 1. The lowest BCUT2D eigenvalue weighted by Gasteiger charge is -2.04. The minimum absolute atomic E-state index is 0.184. The molecule has 1 atom stereocenters. The highest BCUT2D eigenvalue weighted by molar-refractivity contribution is 9.10. The van der Waals surface area contributed by atoms with Crippen molar-refractivity contribution in [2.75, 3.05) is 0 Å². The van der Waals surface area contributed by atoms with Gasteiger partial charge in [-0.2, -0.15) is 5.10 Å². The summed E-state index contributed by atoms with van der Waals surface area (Å²) < 4.78 is 14.9. The largest absolute Gasteiger partial charge is 0.478 e. The van der Waals surface area contributed by atoms with Crippen LogP contribution in [0.4, 0.5) is 0 Å². The Morgan fingerprint density at radius 3 is 2.45 bits per heavy atom. The maximum Gasteiger partial charge on any atom is 0.335 e. The van der Waals surface area contributed by atoms with Crippen LogP contribution in [0.5, 0.6) is 0 Å². The lowest BCUT2D eigenvalue weighted by molar-refractivity contribution is 0.0697. The summed E-state index contributed by atoms with van der Waals surface area (Å²) in [6.45, 7) is 1.87. The minimum atomic E-state index is -1.25. The third kappa shape index (κ3) is 2.99. The van der Waals surface area contributed by atoms with Gasteiger partial charge in [-0.25, -0.2) is 4.79 Å². The van der Waals surface area contributed by atoms with E-state index in [1.54, 1.807) is 23.9 Å². The van der Waals surface area contributed by atoms with Gasteiger partial charge in [-0.3, -0.25) is 8.89 Å². The summed E-state index contributed by atoms with van der Waals surface area (Å²) in [6.07, 6.45) is 0. The summed E-state index contributed by atoms with van der Waals surface area (Å²) in [4.78, 5) is 11.4. The summed E-state index contributed by atoms with van der Waals surface area (Å²) in [5.41, 5.74) is 1.88. The number of carboxylic acid groups (broad SMARTS) is 1. The SMILES string of the molecule is Cc1nn(C)c(CS(=O)c2ccc(C(=O)O)cc2)c1Br. The normalized spacial score (nSPS) is 12.3.